The molecule has 6 heteroatoms. The van der Waals surface area contributed by atoms with E-state index in [4.69, 9.17) is 11.6 Å². The molecule has 0 unspecified atom stereocenters. The highest BCUT2D eigenvalue weighted by molar-refractivity contribution is 6.29. The van der Waals surface area contributed by atoms with Crippen molar-refractivity contribution in [1.29, 1.82) is 0 Å². The van der Waals surface area contributed by atoms with Crippen molar-refractivity contribution < 1.29 is 0 Å². The minimum Gasteiger partial charge on any atom is -0.272 e. The Balaban J connectivity index is 1.91. The maximum absolute atomic E-state index is 6.01. The maximum atomic E-state index is 6.01. The van der Waals surface area contributed by atoms with E-state index in [1.54, 1.807) is 18.5 Å². The van der Waals surface area contributed by atoms with Gasteiger partial charge >= 0.3 is 0 Å². The normalized spacial score (nSPS) is 11.1. The molecule has 0 amide bonds. The first-order valence-corrected chi connectivity index (χ1v) is 8.03. The molecule has 5 nitrogen and oxygen atoms in total. The Hall–Kier alpha value is -2.79. The van der Waals surface area contributed by atoms with Gasteiger partial charge in [0.2, 0.25) is 0 Å². The van der Waals surface area contributed by atoms with Crippen LogP contribution in [0.5, 0.6) is 0 Å². The predicted octanol–water partition coefficient (Wildman–Crippen LogP) is 4.23. The van der Waals surface area contributed by atoms with E-state index < -0.39 is 0 Å². The lowest BCUT2D eigenvalue weighted by Crippen LogP contribution is -1.93. The van der Waals surface area contributed by atoms with Gasteiger partial charge in [0.05, 0.1) is 11.0 Å². The molecule has 0 bridgehead atoms. The smallest absolute Gasteiger partial charge is 0.129 e. The van der Waals surface area contributed by atoms with E-state index in [2.05, 4.69) is 27.0 Å². The molecule has 0 saturated heterocycles. The second-order valence-electron chi connectivity index (χ2n) is 5.38. The van der Waals surface area contributed by atoms with Crippen LogP contribution in [0.2, 0.25) is 5.15 Å². The van der Waals surface area contributed by atoms with E-state index in [1.807, 2.05) is 41.3 Å². The minimum atomic E-state index is 0.458. The molecule has 4 heterocycles. The van der Waals surface area contributed by atoms with E-state index >= 15 is 0 Å². The van der Waals surface area contributed by atoms with E-state index in [9.17, 15) is 0 Å². The summed E-state index contributed by atoms with van der Waals surface area (Å²) < 4.78 is 1.92. The van der Waals surface area contributed by atoms with Crippen molar-refractivity contribution >= 4 is 22.6 Å². The van der Waals surface area contributed by atoms with Crippen LogP contribution in [0, 0.1) is 0 Å². The second kappa shape index (κ2) is 6.02. The Bertz CT molecular complexity index is 1010. The van der Waals surface area contributed by atoms with Gasteiger partial charge in [0.1, 0.15) is 10.8 Å². The largest absolute Gasteiger partial charge is 0.272 e. The molecule has 0 aromatic carbocycles. The molecular formula is C18H14ClN5. The van der Waals surface area contributed by atoms with Crippen molar-refractivity contribution in [1.82, 2.24) is 24.7 Å². The number of pyridine rings is 3. The number of fused-ring (bicyclic) bond motifs is 1. The average Bonchev–Trinajstić information content (AvgIpc) is 3.06. The van der Waals surface area contributed by atoms with Crippen LogP contribution in [-0.2, 0) is 6.54 Å². The van der Waals surface area contributed by atoms with Gasteiger partial charge < -0.3 is 0 Å². The summed E-state index contributed by atoms with van der Waals surface area (Å²) >= 11 is 6.01. The third kappa shape index (κ3) is 2.63. The zero-order valence-electron chi connectivity index (χ0n) is 13.0. The molecule has 0 aliphatic rings. The summed E-state index contributed by atoms with van der Waals surface area (Å²) in [5.74, 6) is 0. The average molecular weight is 336 g/mol. The van der Waals surface area contributed by atoms with Crippen LogP contribution in [0.4, 0.5) is 0 Å². The molecule has 0 radical (unpaired) electrons. The highest BCUT2D eigenvalue weighted by Crippen LogP contribution is 2.31. The van der Waals surface area contributed by atoms with Crippen LogP contribution < -0.4 is 0 Å². The van der Waals surface area contributed by atoms with E-state index in [-0.39, 0.29) is 0 Å². The highest BCUT2D eigenvalue weighted by Gasteiger charge is 2.14. The van der Waals surface area contributed by atoms with Crippen LogP contribution in [0.15, 0.2) is 55.1 Å². The molecule has 0 fully saturated rings. The van der Waals surface area contributed by atoms with Crippen LogP contribution in [-0.4, -0.2) is 24.7 Å². The van der Waals surface area contributed by atoms with Gasteiger partial charge in [0, 0.05) is 48.0 Å². The van der Waals surface area contributed by atoms with Gasteiger partial charge in [0.15, 0.2) is 0 Å². The summed E-state index contributed by atoms with van der Waals surface area (Å²) in [7, 11) is 0. The molecule has 0 spiro atoms. The summed E-state index contributed by atoms with van der Waals surface area (Å²) in [4.78, 5) is 12.9. The third-order valence-corrected chi connectivity index (χ3v) is 4.06. The molecule has 0 saturated carbocycles. The molecule has 118 valence electrons. The number of aromatic nitrogens is 5. The monoisotopic (exact) mass is 335 g/mol. The number of rotatable bonds is 3. The Morgan fingerprint density at radius 3 is 2.67 bits per heavy atom. The lowest BCUT2D eigenvalue weighted by molar-refractivity contribution is 0.662. The summed E-state index contributed by atoms with van der Waals surface area (Å²) in [6.07, 6.45) is 7.41. The minimum absolute atomic E-state index is 0.458. The van der Waals surface area contributed by atoms with Crippen molar-refractivity contribution in [2.45, 2.75) is 13.5 Å². The van der Waals surface area contributed by atoms with Crippen molar-refractivity contribution in [2.24, 2.45) is 0 Å². The number of halogens is 1. The second-order valence-corrected chi connectivity index (χ2v) is 5.77. The Morgan fingerprint density at radius 1 is 1.04 bits per heavy atom. The first kappa shape index (κ1) is 14.8. The number of hydrogen-bond donors (Lipinski definition) is 0. The standard InChI is InChI=1S/C18H14ClN5/c1-2-24-11-14(18(23-24)12-5-7-20-8-6-12)13-9-16-15(21-10-13)3-4-17(19)22-16/h3-11H,2H2,1H3. The van der Waals surface area contributed by atoms with Gasteiger partial charge in [-0.2, -0.15) is 5.10 Å². The van der Waals surface area contributed by atoms with Gasteiger partial charge in [-0.05, 0) is 37.3 Å². The Labute approximate surface area is 144 Å². The molecule has 4 aromatic rings. The summed E-state index contributed by atoms with van der Waals surface area (Å²) in [6, 6.07) is 9.52. The first-order valence-electron chi connectivity index (χ1n) is 7.65. The van der Waals surface area contributed by atoms with Crippen LogP contribution in [0.1, 0.15) is 6.92 Å². The summed E-state index contributed by atoms with van der Waals surface area (Å²) in [5.41, 5.74) is 5.48. The fourth-order valence-corrected chi connectivity index (χ4v) is 2.80. The predicted molar refractivity (Wildman–Crippen MR) is 94.7 cm³/mol. The first-order chi connectivity index (χ1) is 11.7. The third-order valence-electron chi connectivity index (χ3n) is 3.85. The fraction of sp³-hybridized carbons (Fsp3) is 0.111. The van der Waals surface area contributed by atoms with Gasteiger partial charge in [0.25, 0.3) is 0 Å². The van der Waals surface area contributed by atoms with E-state index in [1.165, 1.54) is 0 Å². The number of nitrogens with zero attached hydrogens (tertiary/aromatic N) is 5. The molecule has 0 aliphatic carbocycles. The Morgan fingerprint density at radius 2 is 1.88 bits per heavy atom. The molecule has 0 aliphatic heterocycles. The number of hydrogen-bond acceptors (Lipinski definition) is 4. The van der Waals surface area contributed by atoms with Crippen LogP contribution in [0.25, 0.3) is 33.4 Å². The Kier molecular flexibility index (Phi) is 3.70. The van der Waals surface area contributed by atoms with Crippen LogP contribution in [0.3, 0.4) is 0 Å². The molecule has 4 rings (SSSR count). The van der Waals surface area contributed by atoms with Crippen molar-refractivity contribution in [3.63, 3.8) is 0 Å². The van der Waals surface area contributed by atoms with Gasteiger partial charge in [-0.15, -0.1) is 0 Å². The maximum Gasteiger partial charge on any atom is 0.129 e. The van der Waals surface area contributed by atoms with Crippen molar-refractivity contribution in [2.75, 3.05) is 0 Å². The molecule has 4 aromatic heterocycles. The zero-order valence-corrected chi connectivity index (χ0v) is 13.8. The number of aryl methyl sites for hydroxylation is 1. The van der Waals surface area contributed by atoms with Crippen molar-refractivity contribution in [3.05, 3.63) is 60.3 Å². The quantitative estimate of drug-likeness (QED) is 0.526. The lowest BCUT2D eigenvalue weighted by Gasteiger charge is -2.04. The van der Waals surface area contributed by atoms with Gasteiger partial charge in [-0.3, -0.25) is 14.6 Å². The highest BCUT2D eigenvalue weighted by atomic mass is 35.5. The summed E-state index contributed by atoms with van der Waals surface area (Å²) in [5, 5.41) is 5.15. The van der Waals surface area contributed by atoms with Gasteiger partial charge in [-0.1, -0.05) is 11.6 Å². The molecule has 0 atom stereocenters. The fourth-order valence-electron chi connectivity index (χ4n) is 2.65. The lowest BCUT2D eigenvalue weighted by atomic mass is 10.0. The molecular weight excluding hydrogens is 322 g/mol. The van der Waals surface area contributed by atoms with E-state index in [0.717, 1.165) is 40.0 Å². The topological polar surface area (TPSA) is 56.5 Å². The molecule has 24 heavy (non-hydrogen) atoms. The zero-order chi connectivity index (χ0) is 16.5. The van der Waals surface area contributed by atoms with Crippen molar-refractivity contribution in [3.8, 4) is 22.4 Å². The van der Waals surface area contributed by atoms with Crippen LogP contribution >= 0.6 is 11.6 Å². The molecule has 0 N–H and O–H groups in total. The van der Waals surface area contributed by atoms with E-state index in [0.29, 0.717) is 5.15 Å². The van der Waals surface area contributed by atoms with Gasteiger partial charge in [-0.25, -0.2) is 4.98 Å². The SMILES string of the molecule is CCn1cc(-c2cnc3ccc(Cl)nc3c2)c(-c2ccncc2)n1. The summed E-state index contributed by atoms with van der Waals surface area (Å²) in [6.45, 7) is 2.86.